The Balaban J connectivity index is 1.54. The summed E-state index contributed by atoms with van der Waals surface area (Å²) in [5.74, 6) is -0.698. The monoisotopic (exact) mass is 766 g/mol. The number of hydrogen-bond donors (Lipinski definition) is 0. The zero-order valence-electron chi connectivity index (χ0n) is 31.4. The first-order chi connectivity index (χ1) is 24.8. The van der Waals surface area contributed by atoms with Gasteiger partial charge in [-0.2, -0.15) is 0 Å². The molecule has 0 N–H and O–H groups in total. The maximum absolute atomic E-state index is 14.4. The molecule has 4 amide bonds. The highest BCUT2D eigenvalue weighted by molar-refractivity contribution is 9.10. The van der Waals surface area contributed by atoms with E-state index in [-0.39, 0.29) is 47.4 Å². The molecule has 2 heterocycles. The van der Waals surface area contributed by atoms with Crippen molar-refractivity contribution in [3.63, 3.8) is 0 Å². The molecule has 52 heavy (non-hydrogen) atoms. The molecule has 0 fully saturated rings. The van der Waals surface area contributed by atoms with Gasteiger partial charge in [0.15, 0.2) is 0 Å². The van der Waals surface area contributed by atoms with E-state index in [4.69, 9.17) is 9.47 Å². The molecule has 0 spiro atoms. The number of carbonyl (C=O) groups is 4. The molecule has 272 valence electrons. The van der Waals surface area contributed by atoms with Gasteiger partial charge in [0.25, 0.3) is 23.6 Å². The number of fused-ring (bicyclic) bond motifs is 2. The highest BCUT2D eigenvalue weighted by Gasteiger charge is 2.41. The van der Waals surface area contributed by atoms with E-state index in [0.717, 1.165) is 38.7 Å². The number of nitrogens with zero attached hydrogens (tertiary/aromatic N) is 2. The predicted octanol–water partition coefficient (Wildman–Crippen LogP) is 10.4. The third-order valence-corrected chi connectivity index (χ3v) is 12.3. The van der Waals surface area contributed by atoms with Gasteiger partial charge in [-0.25, -0.2) is 0 Å². The molecule has 7 rings (SSSR count). The highest BCUT2D eigenvalue weighted by Crippen LogP contribution is 2.51. The van der Waals surface area contributed by atoms with Crippen LogP contribution in [0.15, 0.2) is 40.9 Å². The van der Waals surface area contributed by atoms with Crippen LogP contribution in [0, 0.1) is 0 Å². The lowest BCUT2D eigenvalue weighted by Gasteiger charge is -2.35. The largest absolute Gasteiger partial charge is 0.490 e. The van der Waals surface area contributed by atoms with Crippen molar-refractivity contribution in [1.29, 1.82) is 0 Å². The molecule has 5 aromatic rings. The van der Waals surface area contributed by atoms with Crippen molar-refractivity contribution < 1.29 is 28.7 Å². The summed E-state index contributed by atoms with van der Waals surface area (Å²) in [6.45, 7) is 16.7. The molecule has 1 unspecified atom stereocenters. The average Bonchev–Trinajstić information content (AvgIpc) is 3.12. The molecule has 0 aromatic heterocycles. The number of imide groups is 2. The third kappa shape index (κ3) is 5.32. The minimum atomic E-state index is -0.326. The fourth-order valence-electron chi connectivity index (χ4n) is 8.36. The van der Waals surface area contributed by atoms with E-state index in [2.05, 4.69) is 36.7 Å². The Labute approximate surface area is 313 Å². The second-order valence-electron chi connectivity index (χ2n) is 15.0. The summed E-state index contributed by atoms with van der Waals surface area (Å²) in [6.07, 6.45) is 3.84. The minimum absolute atomic E-state index is 0.214. The minimum Gasteiger partial charge on any atom is -0.490 e. The van der Waals surface area contributed by atoms with Crippen LogP contribution in [0.2, 0.25) is 0 Å². The third-order valence-electron chi connectivity index (χ3n) is 11.6. The van der Waals surface area contributed by atoms with E-state index in [1.807, 2.05) is 71.0 Å². The number of halogens is 1. The molecular formula is C43H47BrN2O6. The standard InChI is InChI=1S/C43H47BrN2O6/c1-9-23(10-2)45-39(47)27-17-15-26-36-32(52-22(6)18-19-51-43(7,8)13-5)21-30-34-28(40(48)46(42(30)50)24(11-3)12-4)16-14-25(38(34)36)35-31(44)20-29(41(45)49)33(27)37(26)35/h14-17,20-24H,9-13,18-19H2,1-8H3. The topological polar surface area (TPSA) is 93.2 Å². The van der Waals surface area contributed by atoms with Crippen molar-refractivity contribution in [1.82, 2.24) is 9.80 Å². The summed E-state index contributed by atoms with van der Waals surface area (Å²) in [6, 6.07) is 10.7. The summed E-state index contributed by atoms with van der Waals surface area (Å²) < 4.78 is 13.7. The van der Waals surface area contributed by atoms with Gasteiger partial charge in [-0.15, -0.1) is 0 Å². The summed E-state index contributed by atoms with van der Waals surface area (Å²) in [5.41, 5.74) is 1.62. The summed E-state index contributed by atoms with van der Waals surface area (Å²) in [5, 5.41) is 5.93. The summed E-state index contributed by atoms with van der Waals surface area (Å²) in [7, 11) is 0. The first-order valence-corrected chi connectivity index (χ1v) is 19.6. The zero-order chi connectivity index (χ0) is 37.4. The van der Waals surface area contributed by atoms with Gasteiger partial charge in [-0.05, 0) is 87.9 Å². The number of carbonyl (C=O) groups excluding carboxylic acids is 4. The fraction of sp³-hybridized carbons (Fsp3) is 0.442. The van der Waals surface area contributed by atoms with Crippen LogP contribution in [0.1, 0.15) is 135 Å². The Morgan fingerprint density at radius 2 is 1.10 bits per heavy atom. The van der Waals surface area contributed by atoms with Crippen molar-refractivity contribution in [2.45, 2.75) is 118 Å². The van der Waals surface area contributed by atoms with Crippen LogP contribution < -0.4 is 4.74 Å². The smallest absolute Gasteiger partial charge is 0.261 e. The second kappa shape index (κ2) is 13.4. The molecule has 0 radical (unpaired) electrons. The van der Waals surface area contributed by atoms with Gasteiger partial charge in [0.05, 0.1) is 23.9 Å². The normalized spacial score (nSPS) is 15.6. The van der Waals surface area contributed by atoms with Crippen molar-refractivity contribution in [2.75, 3.05) is 6.61 Å². The van der Waals surface area contributed by atoms with Gasteiger partial charge in [0.1, 0.15) is 5.75 Å². The molecule has 2 aliphatic rings. The maximum atomic E-state index is 14.4. The molecular weight excluding hydrogens is 720 g/mol. The van der Waals surface area contributed by atoms with Crippen LogP contribution in [0.3, 0.4) is 0 Å². The molecule has 8 nitrogen and oxygen atoms in total. The predicted molar refractivity (Wildman–Crippen MR) is 210 cm³/mol. The van der Waals surface area contributed by atoms with Crippen molar-refractivity contribution in [3.8, 4) is 5.75 Å². The lowest BCUT2D eigenvalue weighted by atomic mass is 9.81. The Morgan fingerprint density at radius 1 is 0.635 bits per heavy atom. The first-order valence-electron chi connectivity index (χ1n) is 18.8. The summed E-state index contributed by atoms with van der Waals surface area (Å²) in [4.78, 5) is 59.9. The zero-order valence-corrected chi connectivity index (χ0v) is 33.0. The summed E-state index contributed by atoms with van der Waals surface area (Å²) >= 11 is 3.84. The average molecular weight is 768 g/mol. The van der Waals surface area contributed by atoms with Gasteiger partial charge in [0.2, 0.25) is 0 Å². The van der Waals surface area contributed by atoms with Crippen LogP contribution >= 0.6 is 15.9 Å². The Morgan fingerprint density at radius 3 is 1.60 bits per heavy atom. The second-order valence-corrected chi connectivity index (χ2v) is 15.8. The number of ether oxygens (including phenoxy) is 2. The molecule has 9 heteroatoms. The van der Waals surface area contributed by atoms with Gasteiger partial charge < -0.3 is 9.47 Å². The number of benzene rings is 5. The van der Waals surface area contributed by atoms with Gasteiger partial charge in [0, 0.05) is 72.0 Å². The van der Waals surface area contributed by atoms with E-state index in [1.165, 1.54) is 9.80 Å². The van der Waals surface area contributed by atoms with Crippen LogP contribution in [-0.4, -0.2) is 63.8 Å². The van der Waals surface area contributed by atoms with Crippen LogP contribution in [0.5, 0.6) is 5.75 Å². The van der Waals surface area contributed by atoms with E-state index < -0.39 is 0 Å². The number of rotatable bonds is 13. The molecule has 0 saturated carbocycles. The van der Waals surface area contributed by atoms with E-state index >= 15 is 0 Å². The van der Waals surface area contributed by atoms with Gasteiger partial charge in [-0.1, -0.05) is 62.7 Å². The van der Waals surface area contributed by atoms with Crippen molar-refractivity contribution in [2.24, 2.45) is 0 Å². The molecule has 0 bridgehead atoms. The lowest BCUT2D eigenvalue weighted by Crippen LogP contribution is -2.46. The van der Waals surface area contributed by atoms with Crippen molar-refractivity contribution >= 4 is 82.6 Å². The quantitative estimate of drug-likeness (QED) is 0.0673. The lowest BCUT2D eigenvalue weighted by molar-refractivity contribution is -0.0296. The Kier molecular flexibility index (Phi) is 9.35. The van der Waals surface area contributed by atoms with Crippen LogP contribution in [-0.2, 0) is 4.74 Å². The molecule has 5 aromatic carbocycles. The fourth-order valence-corrected chi connectivity index (χ4v) is 9.00. The van der Waals surface area contributed by atoms with Crippen LogP contribution in [0.4, 0.5) is 0 Å². The highest BCUT2D eigenvalue weighted by atomic mass is 79.9. The first kappa shape index (κ1) is 36.3. The number of amides is 4. The van der Waals surface area contributed by atoms with E-state index in [9.17, 15) is 19.2 Å². The molecule has 0 saturated heterocycles. The van der Waals surface area contributed by atoms with E-state index in [1.54, 1.807) is 0 Å². The van der Waals surface area contributed by atoms with E-state index in [0.29, 0.717) is 82.0 Å². The van der Waals surface area contributed by atoms with Crippen LogP contribution in [0.25, 0.3) is 43.1 Å². The molecule has 1 atom stereocenters. The van der Waals surface area contributed by atoms with Gasteiger partial charge in [-0.3, -0.25) is 29.0 Å². The molecule has 2 aliphatic heterocycles. The van der Waals surface area contributed by atoms with Gasteiger partial charge >= 0.3 is 0 Å². The van der Waals surface area contributed by atoms with Crippen molar-refractivity contribution in [3.05, 3.63) is 63.1 Å². The Hall–Kier alpha value is -4.08. The number of hydrogen-bond acceptors (Lipinski definition) is 6. The maximum Gasteiger partial charge on any atom is 0.261 e. The molecule has 0 aliphatic carbocycles. The Bertz CT molecular complexity index is 2300. The SMILES string of the molecule is CCC(CC)N1C(=O)c2ccc3c4c(OC(C)CCOC(C)(C)CC)cc5c6c(ccc(c7c(Br)cc(c2c37)C1=O)c64)C(=O)N(C(CC)CC)C5=O.